The Balaban J connectivity index is 2.24. The van der Waals surface area contributed by atoms with E-state index >= 15 is 0 Å². The van der Waals surface area contributed by atoms with E-state index in [-0.39, 0.29) is 10.1 Å². The van der Waals surface area contributed by atoms with Gasteiger partial charge in [0, 0.05) is 0 Å². The zero-order valence-corrected chi connectivity index (χ0v) is 13.2. The largest absolute Gasteiger partial charge is 0.130 e. The van der Waals surface area contributed by atoms with Gasteiger partial charge in [-0.3, -0.25) is 0 Å². The average molecular weight is 382 g/mol. The Kier molecular flexibility index (Phi) is 2.48. The van der Waals surface area contributed by atoms with E-state index in [1.165, 1.54) is 0 Å². The molecule has 0 aliphatic heterocycles. The van der Waals surface area contributed by atoms with Crippen LogP contribution in [0.15, 0.2) is 10.1 Å². The fraction of sp³-hybridized carbons (Fsp3) is 0.750. The van der Waals surface area contributed by atoms with E-state index in [9.17, 15) is 0 Å². The van der Waals surface area contributed by atoms with Crippen LogP contribution in [0.5, 0.6) is 0 Å². The van der Waals surface area contributed by atoms with Crippen molar-refractivity contribution in [2.45, 2.75) is 30.3 Å². The molecule has 8 heteroatoms. The van der Waals surface area contributed by atoms with Gasteiger partial charge in [-0.25, -0.2) is 0 Å². The molecule has 0 bridgehead atoms. The van der Waals surface area contributed by atoms with Crippen LogP contribution in [-0.4, -0.2) is 30.3 Å². The molecule has 3 aliphatic carbocycles. The monoisotopic (exact) mass is 378 g/mol. The molecular formula is C8H2Cl8. The summed E-state index contributed by atoms with van der Waals surface area (Å²) in [6.45, 7) is 0. The van der Waals surface area contributed by atoms with E-state index in [1.54, 1.807) is 0 Å². The third-order valence-electron chi connectivity index (χ3n) is 3.82. The number of hydrogen-bond acceptors (Lipinski definition) is 0. The third kappa shape index (κ3) is 0.742. The molecule has 0 saturated heterocycles. The van der Waals surface area contributed by atoms with Crippen molar-refractivity contribution in [3.63, 3.8) is 0 Å². The van der Waals surface area contributed by atoms with Crippen LogP contribution >= 0.6 is 92.8 Å². The highest BCUT2D eigenvalue weighted by molar-refractivity contribution is 6.68. The van der Waals surface area contributed by atoms with Crippen LogP contribution in [0.4, 0.5) is 0 Å². The maximum atomic E-state index is 6.37. The van der Waals surface area contributed by atoms with Crippen LogP contribution in [0.25, 0.3) is 0 Å². The Morgan fingerprint density at radius 3 is 1.19 bits per heavy atom. The normalized spacial score (nSPS) is 67.5. The summed E-state index contributed by atoms with van der Waals surface area (Å²) in [5.74, 6) is 0. The van der Waals surface area contributed by atoms with Crippen molar-refractivity contribution in [1.29, 1.82) is 0 Å². The fourth-order valence-electron chi connectivity index (χ4n) is 2.89. The minimum Gasteiger partial charge on any atom is -0.119 e. The molecule has 16 heavy (non-hydrogen) atoms. The summed E-state index contributed by atoms with van der Waals surface area (Å²) in [6, 6.07) is 0. The van der Waals surface area contributed by atoms with E-state index < -0.39 is 30.3 Å². The summed E-state index contributed by atoms with van der Waals surface area (Å²) in [5, 5.41) is -0.829. The number of rotatable bonds is 0. The van der Waals surface area contributed by atoms with Crippen molar-refractivity contribution in [3.05, 3.63) is 10.1 Å². The summed E-state index contributed by atoms with van der Waals surface area (Å²) >= 11 is 49.5. The highest BCUT2D eigenvalue weighted by atomic mass is 35.5. The summed E-state index contributed by atoms with van der Waals surface area (Å²) in [7, 11) is 0. The molecule has 2 fully saturated rings. The molecule has 0 aromatic carbocycles. The van der Waals surface area contributed by atoms with Crippen LogP contribution in [0.2, 0.25) is 0 Å². The SMILES string of the molecule is ClC1=C(Cl)[C@]2(Cl)[C@@]1(Cl)[C@@]1(Cl)[C@@H](Cl)[C@H](Cl)[C@@]21Cl. The molecule has 3 rings (SSSR count). The smallest absolute Gasteiger partial charge is 0.119 e. The molecule has 3 aliphatic rings. The molecule has 0 unspecified atom stereocenters. The topological polar surface area (TPSA) is 0 Å². The average Bonchev–Trinajstić information content (AvgIpc) is 2.30. The summed E-state index contributed by atoms with van der Waals surface area (Å²) < 4.78 is 0. The Labute approximate surface area is 132 Å². The Hall–Kier alpha value is 2.06. The second-order valence-electron chi connectivity index (χ2n) is 4.17. The van der Waals surface area contributed by atoms with Crippen LogP contribution in [-0.2, 0) is 0 Å². The van der Waals surface area contributed by atoms with Gasteiger partial charge in [0.1, 0.15) is 19.5 Å². The van der Waals surface area contributed by atoms with Gasteiger partial charge >= 0.3 is 0 Å². The van der Waals surface area contributed by atoms with Crippen LogP contribution in [0.1, 0.15) is 0 Å². The zero-order chi connectivity index (χ0) is 12.3. The lowest BCUT2D eigenvalue weighted by Gasteiger charge is -2.84. The first-order valence-electron chi connectivity index (χ1n) is 4.23. The van der Waals surface area contributed by atoms with Gasteiger partial charge in [0.25, 0.3) is 0 Å². The minimum absolute atomic E-state index is 0.200. The van der Waals surface area contributed by atoms with E-state index in [0.717, 1.165) is 0 Å². The Morgan fingerprint density at radius 1 is 0.688 bits per heavy atom. The van der Waals surface area contributed by atoms with Crippen molar-refractivity contribution in [2.75, 3.05) is 0 Å². The quantitative estimate of drug-likeness (QED) is 0.527. The number of allylic oxidation sites excluding steroid dienone is 2. The highest BCUT2D eigenvalue weighted by Gasteiger charge is 3.02. The second-order valence-corrected chi connectivity index (χ2v) is 8.19. The van der Waals surface area contributed by atoms with Crippen molar-refractivity contribution >= 4 is 92.8 Å². The minimum atomic E-state index is -1.23. The lowest BCUT2D eigenvalue weighted by molar-refractivity contribution is 0.0328. The molecule has 90 valence electrons. The predicted octanol–water partition coefficient (Wildman–Crippen LogP) is 4.84. The number of hydrogen-bond donors (Lipinski definition) is 0. The fourth-order valence-corrected chi connectivity index (χ4v) is 8.09. The molecule has 6 atom stereocenters. The van der Waals surface area contributed by atoms with Gasteiger partial charge in [-0.1, -0.05) is 23.2 Å². The molecule has 0 aromatic heterocycles. The molecule has 0 amide bonds. The molecule has 0 nitrogen and oxygen atoms in total. The predicted molar refractivity (Wildman–Crippen MR) is 72.4 cm³/mol. The Bertz CT molecular complexity index is 407. The van der Waals surface area contributed by atoms with Gasteiger partial charge in [0.05, 0.1) is 20.8 Å². The first-order valence-corrected chi connectivity index (χ1v) is 7.37. The Morgan fingerprint density at radius 2 is 0.938 bits per heavy atom. The van der Waals surface area contributed by atoms with Gasteiger partial charge in [-0.05, 0) is 0 Å². The third-order valence-corrected chi connectivity index (χ3v) is 10.1. The zero-order valence-electron chi connectivity index (χ0n) is 7.18. The van der Waals surface area contributed by atoms with Gasteiger partial charge in [-0.2, -0.15) is 0 Å². The molecule has 2 saturated carbocycles. The van der Waals surface area contributed by atoms with Gasteiger partial charge in [0.2, 0.25) is 0 Å². The summed E-state index contributed by atoms with van der Waals surface area (Å²) in [6.07, 6.45) is 0. The van der Waals surface area contributed by atoms with Crippen molar-refractivity contribution in [1.82, 2.24) is 0 Å². The highest BCUT2D eigenvalue weighted by Crippen LogP contribution is 2.89. The lowest BCUT2D eigenvalue weighted by atomic mass is 9.39. The number of fused-ring (bicyclic) bond motifs is 4. The number of halogens is 8. The van der Waals surface area contributed by atoms with Gasteiger partial charge < -0.3 is 0 Å². The maximum absolute atomic E-state index is 6.37. The van der Waals surface area contributed by atoms with Crippen LogP contribution in [0.3, 0.4) is 0 Å². The summed E-state index contributed by atoms with van der Waals surface area (Å²) in [5.41, 5.74) is 0. The van der Waals surface area contributed by atoms with Crippen molar-refractivity contribution in [2.24, 2.45) is 0 Å². The van der Waals surface area contributed by atoms with Crippen LogP contribution in [0, 0.1) is 0 Å². The molecular weight excluding hydrogens is 380 g/mol. The summed E-state index contributed by atoms with van der Waals surface area (Å²) in [4.78, 5) is -4.81. The van der Waals surface area contributed by atoms with E-state index in [1.807, 2.05) is 0 Å². The van der Waals surface area contributed by atoms with Crippen molar-refractivity contribution < 1.29 is 0 Å². The van der Waals surface area contributed by atoms with Gasteiger partial charge in [0.15, 0.2) is 0 Å². The van der Waals surface area contributed by atoms with Crippen molar-refractivity contribution in [3.8, 4) is 0 Å². The maximum Gasteiger partial charge on any atom is 0.130 e. The molecule has 0 spiro atoms. The van der Waals surface area contributed by atoms with E-state index in [0.29, 0.717) is 0 Å². The molecule has 0 aromatic rings. The second kappa shape index (κ2) is 3.04. The standard InChI is InChI=1S/C8H2Cl8/c9-1-2(10)6(14)5(1,13)7(15)3(11)4(12)8(6,7)16/h1-2H/t1-,2-,5-,6+,7+,8-/m0/s1. The van der Waals surface area contributed by atoms with E-state index in [4.69, 9.17) is 92.8 Å². The van der Waals surface area contributed by atoms with Crippen LogP contribution < -0.4 is 0 Å². The van der Waals surface area contributed by atoms with Gasteiger partial charge in [-0.15, -0.1) is 69.6 Å². The first-order chi connectivity index (χ1) is 7.13. The van der Waals surface area contributed by atoms with E-state index in [2.05, 4.69) is 0 Å². The molecule has 0 heterocycles. The molecule has 0 N–H and O–H groups in total. The first kappa shape index (κ1) is 13.1. The number of alkyl halides is 6. The molecule has 0 radical (unpaired) electrons. The lowest BCUT2D eigenvalue weighted by Crippen LogP contribution is -3.03.